The van der Waals surface area contributed by atoms with Gasteiger partial charge >= 0.3 is 0 Å². The van der Waals surface area contributed by atoms with Crippen LogP contribution in [-0.4, -0.2) is 44.4 Å². The molecule has 2 N–H and O–H groups in total. The van der Waals surface area contributed by atoms with Gasteiger partial charge in [0.2, 0.25) is 5.91 Å². The van der Waals surface area contributed by atoms with E-state index in [9.17, 15) is 9.59 Å². The van der Waals surface area contributed by atoms with Gasteiger partial charge < -0.3 is 10.6 Å². The van der Waals surface area contributed by atoms with E-state index in [4.69, 9.17) is 5.73 Å². The van der Waals surface area contributed by atoms with Crippen molar-refractivity contribution in [3.05, 3.63) is 53.9 Å². The van der Waals surface area contributed by atoms with Crippen molar-refractivity contribution < 1.29 is 9.59 Å². The number of hydrogen-bond donors (Lipinski definition) is 1. The summed E-state index contributed by atoms with van der Waals surface area (Å²) in [5.74, 6) is 0.752. The van der Waals surface area contributed by atoms with E-state index in [1.165, 1.54) is 12.7 Å². The Morgan fingerprint density at radius 1 is 1.07 bits per heavy atom. The fourth-order valence-corrected chi connectivity index (χ4v) is 4.27. The minimum absolute atomic E-state index is 0.181. The minimum atomic E-state index is -0.537. The second-order valence-electron chi connectivity index (χ2n) is 8.11. The highest BCUT2D eigenvalue weighted by atomic mass is 16.2. The molecule has 150 valence electrons. The van der Waals surface area contributed by atoms with Gasteiger partial charge in [0.05, 0.1) is 17.7 Å². The first-order chi connectivity index (χ1) is 13.9. The maximum atomic E-state index is 12.7. The fourth-order valence-electron chi connectivity index (χ4n) is 4.27. The zero-order valence-corrected chi connectivity index (χ0v) is 16.7. The van der Waals surface area contributed by atoms with Gasteiger partial charge in [0.1, 0.15) is 6.33 Å². The molecule has 1 aliphatic rings. The highest BCUT2D eigenvalue weighted by Gasteiger charge is 2.25. The van der Waals surface area contributed by atoms with E-state index in [2.05, 4.69) is 23.9 Å². The number of hydrogen-bond acceptors (Lipinski definition) is 4. The van der Waals surface area contributed by atoms with Gasteiger partial charge in [0.15, 0.2) is 5.65 Å². The van der Waals surface area contributed by atoms with E-state index in [1.807, 2.05) is 29.2 Å². The number of amides is 2. The number of likely N-dealkylation sites (tertiary alicyclic amines) is 1. The number of rotatable bonds is 4. The van der Waals surface area contributed by atoms with E-state index in [-0.39, 0.29) is 5.91 Å². The van der Waals surface area contributed by atoms with Crippen LogP contribution in [0, 0.1) is 11.8 Å². The lowest BCUT2D eigenvalue weighted by molar-refractivity contribution is -0.133. The number of piperidine rings is 1. The predicted octanol–water partition coefficient (Wildman–Crippen LogP) is 2.54. The number of fused-ring (bicyclic) bond motifs is 1. The summed E-state index contributed by atoms with van der Waals surface area (Å²) in [4.78, 5) is 30.4. The van der Waals surface area contributed by atoms with Gasteiger partial charge in [-0.25, -0.2) is 9.50 Å². The fraction of sp³-hybridized carbons (Fsp3) is 0.364. The van der Waals surface area contributed by atoms with Crippen LogP contribution in [0.15, 0.2) is 42.7 Å². The van der Waals surface area contributed by atoms with Gasteiger partial charge in [-0.05, 0) is 36.0 Å². The maximum Gasteiger partial charge on any atom is 0.252 e. The van der Waals surface area contributed by atoms with Gasteiger partial charge in [-0.2, -0.15) is 5.10 Å². The maximum absolute atomic E-state index is 12.7. The van der Waals surface area contributed by atoms with E-state index >= 15 is 0 Å². The summed E-state index contributed by atoms with van der Waals surface area (Å²) in [5, 5.41) is 4.22. The van der Waals surface area contributed by atoms with Gasteiger partial charge in [-0.15, -0.1) is 0 Å². The third-order valence-corrected chi connectivity index (χ3v) is 5.52. The summed E-state index contributed by atoms with van der Waals surface area (Å²) < 4.78 is 1.61. The number of aromatic nitrogens is 3. The summed E-state index contributed by atoms with van der Waals surface area (Å²) in [5.41, 5.74) is 8.89. The Morgan fingerprint density at radius 3 is 2.41 bits per heavy atom. The molecule has 2 aromatic heterocycles. The third kappa shape index (κ3) is 3.85. The molecule has 4 rings (SSSR count). The van der Waals surface area contributed by atoms with Crippen LogP contribution in [0.4, 0.5) is 0 Å². The number of carbonyl (C=O) groups is 2. The summed E-state index contributed by atoms with van der Waals surface area (Å²) >= 11 is 0. The van der Waals surface area contributed by atoms with Crippen LogP contribution < -0.4 is 5.73 Å². The number of primary amides is 1. The van der Waals surface area contributed by atoms with Crippen molar-refractivity contribution in [3.63, 3.8) is 0 Å². The molecule has 2 unspecified atom stereocenters. The Morgan fingerprint density at radius 2 is 1.76 bits per heavy atom. The molecule has 2 atom stereocenters. The average Bonchev–Trinajstić information content (AvgIpc) is 3.17. The Balaban J connectivity index is 1.54. The van der Waals surface area contributed by atoms with Gasteiger partial charge in [0.25, 0.3) is 5.91 Å². The standard InChI is InChI=1S/C22H25N5O2/c1-14-9-15(2)12-26(11-14)20(28)10-16-3-5-17(6-4-16)19-8-7-18(21(23)29)22-24-13-25-27(19)22/h3-8,13-15H,9-12H2,1-2H3,(H2,23,29). The molecule has 1 fully saturated rings. The summed E-state index contributed by atoms with van der Waals surface area (Å²) in [6, 6.07) is 11.3. The number of carbonyl (C=O) groups excluding carboxylic acids is 2. The average molecular weight is 391 g/mol. The molecule has 3 heterocycles. The molecule has 0 spiro atoms. The molecule has 7 nitrogen and oxygen atoms in total. The zero-order chi connectivity index (χ0) is 20.5. The van der Waals surface area contributed by atoms with Crippen LogP contribution in [-0.2, 0) is 11.2 Å². The Labute approximate surface area is 169 Å². The molecule has 2 amide bonds. The third-order valence-electron chi connectivity index (χ3n) is 5.52. The molecule has 0 bridgehead atoms. The number of pyridine rings is 1. The van der Waals surface area contributed by atoms with Gasteiger partial charge in [0, 0.05) is 18.7 Å². The highest BCUT2D eigenvalue weighted by Crippen LogP contribution is 2.24. The first kappa shape index (κ1) is 19.1. The van der Waals surface area contributed by atoms with Crippen molar-refractivity contribution in [1.82, 2.24) is 19.5 Å². The smallest absolute Gasteiger partial charge is 0.252 e. The second kappa shape index (κ2) is 7.66. The van der Waals surface area contributed by atoms with E-state index in [0.717, 1.165) is 29.9 Å². The molecule has 0 saturated carbocycles. The molecule has 1 aliphatic heterocycles. The predicted molar refractivity (Wildman–Crippen MR) is 110 cm³/mol. The van der Waals surface area contributed by atoms with Gasteiger partial charge in [-0.3, -0.25) is 9.59 Å². The van der Waals surface area contributed by atoms with Crippen molar-refractivity contribution in [3.8, 4) is 11.3 Å². The van der Waals surface area contributed by atoms with E-state index < -0.39 is 5.91 Å². The first-order valence-corrected chi connectivity index (χ1v) is 9.92. The van der Waals surface area contributed by atoms with Crippen molar-refractivity contribution in [1.29, 1.82) is 0 Å². The topological polar surface area (TPSA) is 93.6 Å². The first-order valence-electron chi connectivity index (χ1n) is 9.92. The molecule has 3 aromatic rings. The number of nitrogens with two attached hydrogens (primary N) is 1. The van der Waals surface area contributed by atoms with Crippen LogP contribution in [0.2, 0.25) is 0 Å². The van der Waals surface area contributed by atoms with Crippen molar-refractivity contribution >= 4 is 17.5 Å². The monoisotopic (exact) mass is 391 g/mol. The SMILES string of the molecule is CC1CC(C)CN(C(=O)Cc2ccc(-c3ccc(C(N)=O)c4ncnn34)cc2)C1. The van der Waals surface area contributed by atoms with Crippen LogP contribution in [0.5, 0.6) is 0 Å². The summed E-state index contributed by atoms with van der Waals surface area (Å²) in [6.45, 7) is 6.10. The summed E-state index contributed by atoms with van der Waals surface area (Å²) in [6.07, 6.45) is 2.99. The largest absolute Gasteiger partial charge is 0.365 e. The lowest BCUT2D eigenvalue weighted by Crippen LogP contribution is -2.43. The number of nitrogens with zero attached hydrogens (tertiary/aromatic N) is 4. The Hall–Kier alpha value is -3.22. The molecular weight excluding hydrogens is 366 g/mol. The number of benzene rings is 1. The van der Waals surface area contributed by atoms with Crippen LogP contribution >= 0.6 is 0 Å². The van der Waals surface area contributed by atoms with Crippen molar-refractivity contribution in [2.45, 2.75) is 26.7 Å². The summed E-state index contributed by atoms with van der Waals surface area (Å²) in [7, 11) is 0. The molecular formula is C22H25N5O2. The Kier molecular flexibility index (Phi) is 5.05. The second-order valence-corrected chi connectivity index (χ2v) is 8.11. The molecule has 0 radical (unpaired) electrons. The zero-order valence-electron chi connectivity index (χ0n) is 16.7. The minimum Gasteiger partial charge on any atom is -0.365 e. The normalized spacial score (nSPS) is 19.4. The lowest BCUT2D eigenvalue weighted by Gasteiger charge is -2.35. The van der Waals surface area contributed by atoms with Gasteiger partial charge in [-0.1, -0.05) is 38.1 Å². The molecule has 29 heavy (non-hydrogen) atoms. The molecule has 0 aliphatic carbocycles. The van der Waals surface area contributed by atoms with Crippen LogP contribution in [0.3, 0.4) is 0 Å². The van der Waals surface area contributed by atoms with E-state index in [0.29, 0.717) is 29.5 Å². The van der Waals surface area contributed by atoms with Crippen molar-refractivity contribution in [2.75, 3.05) is 13.1 Å². The van der Waals surface area contributed by atoms with Crippen LogP contribution in [0.25, 0.3) is 16.9 Å². The van der Waals surface area contributed by atoms with Crippen LogP contribution in [0.1, 0.15) is 36.2 Å². The molecule has 1 saturated heterocycles. The quantitative estimate of drug-likeness (QED) is 0.739. The van der Waals surface area contributed by atoms with E-state index in [1.54, 1.807) is 16.6 Å². The lowest BCUT2D eigenvalue weighted by atomic mass is 9.91. The highest BCUT2D eigenvalue weighted by molar-refractivity contribution is 5.99. The van der Waals surface area contributed by atoms with Crippen molar-refractivity contribution in [2.24, 2.45) is 17.6 Å². The molecule has 7 heteroatoms. The Bertz CT molecular complexity index is 1050. The molecule has 1 aromatic carbocycles.